The molecule has 0 unspecified atom stereocenters. The molecule has 0 saturated carbocycles. The molecular formula is C7H13NaO4S. The molecule has 0 aromatic heterocycles. The zero-order valence-corrected chi connectivity index (χ0v) is 10.9. The molecule has 0 aliphatic rings. The van der Waals surface area contributed by atoms with Crippen molar-refractivity contribution in [2.24, 2.45) is 0 Å². The van der Waals surface area contributed by atoms with Gasteiger partial charge >= 0.3 is 45.6 Å². The van der Waals surface area contributed by atoms with Crippen LogP contribution in [0.5, 0.6) is 0 Å². The van der Waals surface area contributed by atoms with Gasteiger partial charge in [0.15, 0.2) is 0 Å². The van der Waals surface area contributed by atoms with E-state index in [2.05, 4.69) is 4.18 Å². The van der Waals surface area contributed by atoms with Crippen molar-refractivity contribution < 1.29 is 48.4 Å². The SMILES string of the molecule is CC=CC(=O)OS(=O)(=O)CCC.[H-].[Na+]. The molecule has 0 N–H and O–H groups in total. The number of rotatable bonds is 4. The van der Waals surface area contributed by atoms with Crippen LogP contribution < -0.4 is 29.6 Å². The molecule has 0 fully saturated rings. The Kier molecular flexibility index (Phi) is 9.08. The van der Waals surface area contributed by atoms with Crippen LogP contribution in [0.2, 0.25) is 0 Å². The Balaban J connectivity index is -0.000000605. The second-order valence-corrected chi connectivity index (χ2v) is 3.85. The van der Waals surface area contributed by atoms with Gasteiger partial charge in [0, 0.05) is 6.08 Å². The van der Waals surface area contributed by atoms with E-state index in [1.54, 1.807) is 13.8 Å². The Morgan fingerprint density at radius 3 is 2.46 bits per heavy atom. The molecule has 0 aromatic rings. The molecule has 0 amide bonds. The maximum absolute atomic E-state index is 10.8. The Morgan fingerprint density at radius 1 is 1.54 bits per heavy atom. The Hall–Kier alpha value is 0.160. The van der Waals surface area contributed by atoms with Crippen LogP contribution in [0.1, 0.15) is 21.7 Å². The summed E-state index contributed by atoms with van der Waals surface area (Å²) < 4.78 is 25.8. The molecule has 0 aliphatic heterocycles. The van der Waals surface area contributed by atoms with Crippen molar-refractivity contribution >= 4 is 16.1 Å². The van der Waals surface area contributed by atoms with Crippen LogP contribution in [-0.2, 0) is 19.1 Å². The van der Waals surface area contributed by atoms with E-state index in [1.807, 2.05) is 0 Å². The number of hydrogen-bond donors (Lipinski definition) is 0. The van der Waals surface area contributed by atoms with Crippen LogP contribution in [0.4, 0.5) is 0 Å². The van der Waals surface area contributed by atoms with E-state index in [-0.39, 0.29) is 36.7 Å². The van der Waals surface area contributed by atoms with Crippen molar-refractivity contribution in [2.75, 3.05) is 5.75 Å². The van der Waals surface area contributed by atoms with Gasteiger partial charge in [-0.2, -0.15) is 8.42 Å². The first kappa shape index (κ1) is 15.6. The fraction of sp³-hybridized carbons (Fsp3) is 0.571. The fourth-order valence-electron chi connectivity index (χ4n) is 0.581. The Bertz CT molecular complexity index is 273. The molecule has 0 heterocycles. The molecule has 6 heteroatoms. The van der Waals surface area contributed by atoms with Crippen molar-refractivity contribution in [3.63, 3.8) is 0 Å². The average Bonchev–Trinajstić information content (AvgIpc) is 1.85. The van der Waals surface area contributed by atoms with E-state index in [0.29, 0.717) is 6.42 Å². The number of allylic oxidation sites excluding steroid dienone is 1. The van der Waals surface area contributed by atoms with Gasteiger partial charge in [0.05, 0.1) is 5.75 Å². The molecule has 0 saturated heterocycles. The topological polar surface area (TPSA) is 60.4 Å². The smallest absolute Gasteiger partial charge is 1.00 e. The first-order chi connectivity index (χ1) is 5.52. The summed E-state index contributed by atoms with van der Waals surface area (Å²) in [6.07, 6.45) is 2.92. The van der Waals surface area contributed by atoms with Gasteiger partial charge in [0.1, 0.15) is 0 Å². The number of hydrogen-bond acceptors (Lipinski definition) is 4. The quantitative estimate of drug-likeness (QED) is 0.309. The average molecular weight is 216 g/mol. The summed E-state index contributed by atoms with van der Waals surface area (Å²) in [5, 5.41) is 0. The first-order valence-corrected chi connectivity index (χ1v) is 5.18. The molecule has 72 valence electrons. The third-order valence-electron chi connectivity index (χ3n) is 0.966. The minimum atomic E-state index is -3.65. The first-order valence-electron chi connectivity index (χ1n) is 3.60. The number of carbonyl (C=O) groups excluding carboxylic acids is 1. The molecular weight excluding hydrogens is 203 g/mol. The van der Waals surface area contributed by atoms with E-state index >= 15 is 0 Å². The standard InChI is InChI=1S/C7H12O4S.Na.H/c1-3-5-7(8)11-12(9,10)6-4-2;;/h3,5H,4,6H2,1-2H3;;/q;+1;-1. The van der Waals surface area contributed by atoms with E-state index in [0.717, 1.165) is 6.08 Å². The maximum atomic E-state index is 10.8. The summed E-state index contributed by atoms with van der Waals surface area (Å²) in [4.78, 5) is 10.6. The largest absolute Gasteiger partial charge is 1.00 e. The molecule has 0 spiro atoms. The van der Waals surface area contributed by atoms with Crippen molar-refractivity contribution in [3.05, 3.63) is 12.2 Å². The molecule has 0 bridgehead atoms. The summed E-state index contributed by atoms with van der Waals surface area (Å²) in [6.45, 7) is 3.30. The summed E-state index contributed by atoms with van der Waals surface area (Å²) in [6, 6.07) is 0. The van der Waals surface area contributed by atoms with E-state index in [9.17, 15) is 13.2 Å². The fourth-order valence-corrected chi connectivity index (χ4v) is 1.47. The second kappa shape index (κ2) is 7.55. The normalized spacial score (nSPS) is 10.9. The van der Waals surface area contributed by atoms with E-state index in [1.165, 1.54) is 6.08 Å². The van der Waals surface area contributed by atoms with Crippen molar-refractivity contribution in [1.29, 1.82) is 0 Å². The monoisotopic (exact) mass is 216 g/mol. The third kappa shape index (κ3) is 8.49. The van der Waals surface area contributed by atoms with E-state index in [4.69, 9.17) is 0 Å². The third-order valence-corrected chi connectivity index (χ3v) is 2.29. The predicted molar refractivity (Wildman–Crippen MR) is 46.1 cm³/mol. The van der Waals surface area contributed by atoms with Gasteiger partial charge in [-0.3, -0.25) is 0 Å². The molecule has 0 atom stereocenters. The molecule has 4 nitrogen and oxygen atoms in total. The zero-order chi connectivity index (χ0) is 9.61. The van der Waals surface area contributed by atoms with Crippen molar-refractivity contribution in [2.45, 2.75) is 20.3 Å². The minimum Gasteiger partial charge on any atom is -1.00 e. The summed E-state index contributed by atoms with van der Waals surface area (Å²) in [5.74, 6) is -0.970. The van der Waals surface area contributed by atoms with Crippen LogP contribution in [0.3, 0.4) is 0 Å². The van der Waals surface area contributed by atoms with Crippen LogP contribution in [0.15, 0.2) is 12.2 Å². The molecule has 0 aromatic carbocycles. The molecule has 13 heavy (non-hydrogen) atoms. The van der Waals surface area contributed by atoms with Gasteiger partial charge in [0.2, 0.25) is 0 Å². The van der Waals surface area contributed by atoms with Gasteiger partial charge in [-0.1, -0.05) is 13.0 Å². The van der Waals surface area contributed by atoms with Crippen LogP contribution in [-0.4, -0.2) is 20.1 Å². The van der Waals surface area contributed by atoms with Crippen molar-refractivity contribution in [3.8, 4) is 0 Å². The molecule has 0 radical (unpaired) electrons. The Labute approximate surface area is 102 Å². The summed E-state index contributed by atoms with van der Waals surface area (Å²) in [7, 11) is -3.65. The van der Waals surface area contributed by atoms with Crippen molar-refractivity contribution in [1.82, 2.24) is 0 Å². The van der Waals surface area contributed by atoms with Gasteiger partial charge < -0.3 is 5.61 Å². The van der Waals surface area contributed by atoms with Gasteiger partial charge in [-0.15, -0.1) is 0 Å². The van der Waals surface area contributed by atoms with E-state index < -0.39 is 16.1 Å². The van der Waals surface area contributed by atoms with Gasteiger partial charge in [-0.25, -0.2) is 4.79 Å². The summed E-state index contributed by atoms with van der Waals surface area (Å²) >= 11 is 0. The number of carbonyl (C=O) groups is 1. The Morgan fingerprint density at radius 2 is 2.08 bits per heavy atom. The van der Waals surface area contributed by atoms with Gasteiger partial charge in [-0.05, 0) is 13.3 Å². The maximum Gasteiger partial charge on any atom is 1.00 e. The minimum absolute atomic E-state index is 0. The van der Waals surface area contributed by atoms with Crippen LogP contribution in [0.25, 0.3) is 0 Å². The molecule has 0 rings (SSSR count). The van der Waals surface area contributed by atoms with Crippen LogP contribution in [0, 0.1) is 0 Å². The molecule has 0 aliphatic carbocycles. The van der Waals surface area contributed by atoms with Crippen LogP contribution >= 0.6 is 0 Å². The van der Waals surface area contributed by atoms with Gasteiger partial charge in [0.25, 0.3) is 0 Å². The predicted octanol–water partition coefficient (Wildman–Crippen LogP) is -2.04. The summed E-state index contributed by atoms with van der Waals surface area (Å²) in [5.41, 5.74) is 0. The zero-order valence-electron chi connectivity index (χ0n) is 9.11. The second-order valence-electron chi connectivity index (χ2n) is 2.16.